The number of para-hydroxylation sites is 1. The van der Waals surface area contributed by atoms with E-state index in [0.29, 0.717) is 0 Å². The molecule has 0 bridgehead atoms. The molecule has 0 aliphatic carbocycles. The van der Waals surface area contributed by atoms with Gasteiger partial charge in [0.1, 0.15) is 5.75 Å². The van der Waals surface area contributed by atoms with Crippen molar-refractivity contribution in [2.45, 2.75) is 25.8 Å². The Balaban J connectivity index is 1.87. The SMILES string of the molecule is CCCN1CCc2c([nH]c3ccccc23)[C@H]1c1cccc(OC)c1. The van der Waals surface area contributed by atoms with Crippen molar-refractivity contribution < 1.29 is 4.74 Å². The summed E-state index contributed by atoms with van der Waals surface area (Å²) in [6.45, 7) is 4.46. The number of methoxy groups -OCH3 is 1. The number of rotatable bonds is 4. The number of nitrogens with one attached hydrogen (secondary N) is 1. The molecule has 2 heterocycles. The number of aromatic nitrogens is 1. The predicted octanol–water partition coefficient (Wildman–Crippen LogP) is 4.53. The normalized spacial score (nSPS) is 17.8. The third-order valence-corrected chi connectivity index (χ3v) is 5.05. The topological polar surface area (TPSA) is 28.3 Å². The average molecular weight is 320 g/mol. The number of fused-ring (bicyclic) bond motifs is 3. The summed E-state index contributed by atoms with van der Waals surface area (Å²) in [7, 11) is 1.73. The van der Waals surface area contributed by atoms with Crippen molar-refractivity contribution in [1.82, 2.24) is 9.88 Å². The second-order valence-electron chi connectivity index (χ2n) is 6.53. The van der Waals surface area contributed by atoms with Crippen LogP contribution in [0.3, 0.4) is 0 Å². The maximum absolute atomic E-state index is 5.46. The number of H-pyrrole nitrogens is 1. The van der Waals surface area contributed by atoms with Gasteiger partial charge >= 0.3 is 0 Å². The van der Waals surface area contributed by atoms with Crippen LogP contribution < -0.4 is 4.74 Å². The Bertz CT molecular complexity index is 852. The fourth-order valence-corrected chi connectivity index (χ4v) is 4.01. The largest absolute Gasteiger partial charge is 0.497 e. The summed E-state index contributed by atoms with van der Waals surface area (Å²) in [5, 5.41) is 1.37. The smallest absolute Gasteiger partial charge is 0.119 e. The van der Waals surface area contributed by atoms with E-state index in [4.69, 9.17) is 4.74 Å². The molecule has 0 amide bonds. The first-order valence-corrected chi connectivity index (χ1v) is 8.79. The molecule has 0 unspecified atom stereocenters. The molecule has 4 rings (SSSR count). The van der Waals surface area contributed by atoms with Crippen molar-refractivity contribution in [3.8, 4) is 5.75 Å². The van der Waals surface area contributed by atoms with Crippen molar-refractivity contribution in [2.75, 3.05) is 20.2 Å². The highest BCUT2D eigenvalue weighted by Gasteiger charge is 2.31. The monoisotopic (exact) mass is 320 g/mol. The Hall–Kier alpha value is -2.26. The van der Waals surface area contributed by atoms with Gasteiger partial charge in [-0.3, -0.25) is 4.90 Å². The minimum absolute atomic E-state index is 0.274. The van der Waals surface area contributed by atoms with E-state index in [2.05, 4.69) is 59.3 Å². The lowest BCUT2D eigenvalue weighted by Gasteiger charge is -2.36. The number of ether oxygens (including phenoxy) is 1. The van der Waals surface area contributed by atoms with Crippen molar-refractivity contribution in [3.05, 3.63) is 65.4 Å². The average Bonchev–Trinajstić information content (AvgIpc) is 3.00. The van der Waals surface area contributed by atoms with Gasteiger partial charge < -0.3 is 9.72 Å². The van der Waals surface area contributed by atoms with Gasteiger partial charge in [-0.15, -0.1) is 0 Å². The second kappa shape index (κ2) is 6.33. The van der Waals surface area contributed by atoms with Crippen molar-refractivity contribution in [1.29, 1.82) is 0 Å². The molecule has 0 saturated carbocycles. The van der Waals surface area contributed by atoms with E-state index in [0.717, 1.165) is 31.7 Å². The molecule has 3 heteroatoms. The van der Waals surface area contributed by atoms with Crippen molar-refractivity contribution in [2.24, 2.45) is 0 Å². The summed E-state index contributed by atoms with van der Waals surface area (Å²) in [5.74, 6) is 0.923. The van der Waals surface area contributed by atoms with Crippen LogP contribution in [0.1, 0.15) is 36.2 Å². The summed E-state index contributed by atoms with van der Waals surface area (Å²) in [6.07, 6.45) is 2.27. The Labute approximate surface area is 143 Å². The summed E-state index contributed by atoms with van der Waals surface area (Å²) >= 11 is 0. The van der Waals surface area contributed by atoms with Crippen LogP contribution in [0.4, 0.5) is 0 Å². The predicted molar refractivity (Wildman–Crippen MR) is 98.7 cm³/mol. The fourth-order valence-electron chi connectivity index (χ4n) is 4.01. The van der Waals surface area contributed by atoms with Gasteiger partial charge in [-0.05, 0) is 48.7 Å². The molecule has 124 valence electrons. The molecule has 0 fully saturated rings. The standard InChI is InChI=1S/C21H24N2O/c1-3-12-23-13-11-18-17-9-4-5-10-19(17)22-20(18)21(23)15-7-6-8-16(14-15)24-2/h4-10,14,21-22H,3,11-13H2,1-2H3/t21-/m1/s1. The number of nitrogens with zero attached hydrogens (tertiary/aromatic N) is 1. The summed E-state index contributed by atoms with van der Waals surface area (Å²) < 4.78 is 5.46. The molecular weight excluding hydrogens is 296 g/mol. The number of hydrogen-bond acceptors (Lipinski definition) is 2. The molecule has 1 atom stereocenters. The maximum Gasteiger partial charge on any atom is 0.119 e. The van der Waals surface area contributed by atoms with Crippen LogP contribution >= 0.6 is 0 Å². The van der Waals surface area contributed by atoms with E-state index < -0.39 is 0 Å². The third-order valence-electron chi connectivity index (χ3n) is 5.05. The zero-order chi connectivity index (χ0) is 16.5. The molecule has 0 saturated heterocycles. The van der Waals surface area contributed by atoms with Crippen LogP contribution in [0.5, 0.6) is 5.75 Å². The molecule has 0 radical (unpaired) electrons. The molecule has 3 aromatic rings. The minimum Gasteiger partial charge on any atom is -0.497 e. The Morgan fingerprint density at radius 2 is 2.04 bits per heavy atom. The van der Waals surface area contributed by atoms with E-state index in [1.807, 2.05) is 6.07 Å². The molecule has 24 heavy (non-hydrogen) atoms. The lowest BCUT2D eigenvalue weighted by molar-refractivity contribution is 0.211. The van der Waals surface area contributed by atoms with E-state index in [9.17, 15) is 0 Å². The molecule has 1 N–H and O–H groups in total. The van der Waals surface area contributed by atoms with Crippen molar-refractivity contribution in [3.63, 3.8) is 0 Å². The van der Waals surface area contributed by atoms with Gasteiger partial charge in [0.2, 0.25) is 0 Å². The zero-order valence-electron chi connectivity index (χ0n) is 14.4. The van der Waals surface area contributed by atoms with Crippen LogP contribution in [0, 0.1) is 0 Å². The summed E-state index contributed by atoms with van der Waals surface area (Å²) in [6, 6.07) is 17.4. The third kappa shape index (κ3) is 2.49. The minimum atomic E-state index is 0.274. The fraction of sp³-hybridized carbons (Fsp3) is 0.333. The molecule has 0 spiro atoms. The van der Waals surface area contributed by atoms with Gasteiger partial charge in [0.05, 0.1) is 13.2 Å². The van der Waals surface area contributed by atoms with Crippen LogP contribution in [0.2, 0.25) is 0 Å². The highest BCUT2D eigenvalue weighted by molar-refractivity contribution is 5.85. The van der Waals surface area contributed by atoms with Crippen LogP contribution in [-0.4, -0.2) is 30.1 Å². The molecule has 3 nitrogen and oxygen atoms in total. The van der Waals surface area contributed by atoms with E-state index in [1.165, 1.54) is 27.7 Å². The number of aromatic amines is 1. The Kier molecular flexibility index (Phi) is 4.03. The van der Waals surface area contributed by atoms with Crippen molar-refractivity contribution >= 4 is 10.9 Å². The second-order valence-corrected chi connectivity index (χ2v) is 6.53. The zero-order valence-corrected chi connectivity index (χ0v) is 14.4. The first kappa shape index (κ1) is 15.3. The Morgan fingerprint density at radius 1 is 1.17 bits per heavy atom. The van der Waals surface area contributed by atoms with Gasteiger partial charge in [-0.1, -0.05) is 37.3 Å². The highest BCUT2D eigenvalue weighted by atomic mass is 16.5. The lowest BCUT2D eigenvalue weighted by Crippen LogP contribution is -2.36. The van der Waals surface area contributed by atoms with E-state index >= 15 is 0 Å². The number of benzene rings is 2. The maximum atomic E-state index is 5.46. The van der Waals surface area contributed by atoms with Gasteiger partial charge in [0, 0.05) is 23.1 Å². The highest BCUT2D eigenvalue weighted by Crippen LogP contribution is 2.39. The van der Waals surface area contributed by atoms with Crippen LogP contribution in [0.25, 0.3) is 10.9 Å². The van der Waals surface area contributed by atoms with Gasteiger partial charge in [0.25, 0.3) is 0 Å². The van der Waals surface area contributed by atoms with Crippen LogP contribution in [-0.2, 0) is 6.42 Å². The first-order chi connectivity index (χ1) is 11.8. The molecular formula is C21H24N2O. The molecule has 1 aromatic heterocycles. The lowest BCUT2D eigenvalue weighted by atomic mass is 9.92. The van der Waals surface area contributed by atoms with E-state index in [1.54, 1.807) is 7.11 Å². The number of hydrogen-bond donors (Lipinski definition) is 1. The van der Waals surface area contributed by atoms with Crippen LogP contribution in [0.15, 0.2) is 48.5 Å². The van der Waals surface area contributed by atoms with Gasteiger partial charge in [-0.25, -0.2) is 0 Å². The van der Waals surface area contributed by atoms with Gasteiger partial charge in [0.15, 0.2) is 0 Å². The molecule has 1 aliphatic heterocycles. The summed E-state index contributed by atoms with van der Waals surface area (Å²) in [5.41, 5.74) is 5.37. The Morgan fingerprint density at radius 3 is 2.88 bits per heavy atom. The first-order valence-electron chi connectivity index (χ1n) is 8.79. The van der Waals surface area contributed by atoms with E-state index in [-0.39, 0.29) is 6.04 Å². The molecule has 1 aliphatic rings. The quantitative estimate of drug-likeness (QED) is 0.765. The molecule has 2 aromatic carbocycles. The summed E-state index contributed by atoms with van der Waals surface area (Å²) in [4.78, 5) is 6.30. The van der Waals surface area contributed by atoms with Gasteiger partial charge in [-0.2, -0.15) is 0 Å².